The molecule has 2 aliphatic rings. The van der Waals surface area contributed by atoms with Crippen molar-refractivity contribution in [1.29, 1.82) is 0 Å². The Morgan fingerprint density at radius 3 is 2.20 bits per heavy atom. The van der Waals surface area contributed by atoms with Gasteiger partial charge in [-0.1, -0.05) is 6.08 Å². The molecule has 0 bridgehead atoms. The number of aromatic nitrogens is 1. The van der Waals surface area contributed by atoms with Crippen LogP contribution in [0.15, 0.2) is 35.3 Å². The van der Waals surface area contributed by atoms with E-state index in [1.54, 1.807) is 26.8 Å². The molecule has 9 nitrogen and oxygen atoms in total. The number of likely N-dealkylation sites (N-methyl/N-ethyl adjacent to an activating group) is 1. The van der Waals surface area contributed by atoms with Gasteiger partial charge in [0.1, 0.15) is 11.4 Å². The minimum atomic E-state index is -4.95. The van der Waals surface area contributed by atoms with Crippen LogP contribution < -0.4 is 15.8 Å². The van der Waals surface area contributed by atoms with Crippen molar-refractivity contribution >= 4 is 28.9 Å². The van der Waals surface area contributed by atoms with Gasteiger partial charge in [-0.05, 0) is 65.8 Å². The van der Waals surface area contributed by atoms with Gasteiger partial charge in [0, 0.05) is 63.1 Å². The number of anilines is 2. The highest BCUT2D eigenvalue weighted by Crippen LogP contribution is 2.37. The van der Waals surface area contributed by atoms with Crippen molar-refractivity contribution in [1.82, 2.24) is 14.4 Å². The molecule has 1 aromatic carbocycles. The SMILES string of the molecule is CC1CN(c2cc(F)c(C3=CCN(C(=O)OC(C)(C)C)CC3)cc2NC(=O)c2cn(C)c(=O)cc2C(F)(F)F)CC(C)N1C. The first-order valence-corrected chi connectivity index (χ1v) is 14.4. The molecule has 0 aliphatic carbocycles. The standard InChI is InChI=1S/C31H39F4N5O4/c1-18-15-40(16-19(2)38(18)7)26-14-24(32)21(20-8-10-39(11-9-20)29(43)44-30(3,4)5)12-25(26)36-28(42)22-17-37(6)27(41)13-23(22)31(33,34)35/h8,12-14,17-19H,9-11,15-16H2,1-7H3,(H,36,42). The maximum absolute atomic E-state index is 15.8. The highest BCUT2D eigenvalue weighted by molar-refractivity contribution is 6.07. The molecule has 2 atom stereocenters. The molecule has 0 spiro atoms. The van der Waals surface area contributed by atoms with Crippen LogP contribution in [0.5, 0.6) is 0 Å². The predicted octanol–water partition coefficient (Wildman–Crippen LogP) is 5.35. The summed E-state index contributed by atoms with van der Waals surface area (Å²) in [6.45, 7) is 10.7. The van der Waals surface area contributed by atoms with Crippen LogP contribution in [0.4, 0.5) is 33.7 Å². The van der Waals surface area contributed by atoms with Crippen molar-refractivity contribution in [2.45, 2.75) is 64.9 Å². The molecule has 2 aliphatic heterocycles. The average Bonchev–Trinajstić information content (AvgIpc) is 2.92. The van der Waals surface area contributed by atoms with Gasteiger partial charge in [-0.25, -0.2) is 9.18 Å². The van der Waals surface area contributed by atoms with Crippen LogP contribution in [0.1, 0.15) is 62.5 Å². The van der Waals surface area contributed by atoms with E-state index in [1.807, 2.05) is 25.8 Å². The number of nitrogens with zero attached hydrogens (tertiary/aromatic N) is 4. The zero-order valence-corrected chi connectivity index (χ0v) is 26.0. The van der Waals surface area contributed by atoms with E-state index in [9.17, 15) is 27.6 Å². The Bertz CT molecular complexity index is 1520. The van der Waals surface area contributed by atoms with E-state index in [0.717, 1.165) is 10.8 Å². The lowest BCUT2D eigenvalue weighted by Gasteiger charge is -2.44. The molecule has 0 saturated carbocycles. The third kappa shape index (κ3) is 7.25. The summed E-state index contributed by atoms with van der Waals surface area (Å²) in [4.78, 5) is 43.5. The molecule has 0 radical (unpaired) electrons. The van der Waals surface area contributed by atoms with Gasteiger partial charge in [-0.3, -0.25) is 14.5 Å². The van der Waals surface area contributed by atoms with E-state index in [0.29, 0.717) is 36.8 Å². The number of nitrogens with one attached hydrogen (secondary N) is 1. The van der Waals surface area contributed by atoms with Crippen LogP contribution in [-0.2, 0) is 18.0 Å². The predicted molar refractivity (Wildman–Crippen MR) is 160 cm³/mol. The second-order valence-electron chi connectivity index (χ2n) is 12.5. The smallest absolute Gasteiger partial charge is 0.417 e. The molecule has 2 aromatic rings. The molecule has 44 heavy (non-hydrogen) atoms. The highest BCUT2D eigenvalue weighted by Gasteiger charge is 2.37. The number of alkyl halides is 3. The number of benzene rings is 1. The topological polar surface area (TPSA) is 87.1 Å². The summed E-state index contributed by atoms with van der Waals surface area (Å²) in [5.74, 6) is -1.65. The monoisotopic (exact) mass is 621 g/mol. The number of carbonyl (C=O) groups excluding carboxylic acids is 2. The van der Waals surface area contributed by atoms with Crippen LogP contribution in [0.3, 0.4) is 0 Å². The average molecular weight is 622 g/mol. The number of amides is 2. The Balaban J connectivity index is 1.74. The number of hydrogen-bond donors (Lipinski definition) is 1. The van der Waals surface area contributed by atoms with E-state index in [1.165, 1.54) is 24.1 Å². The molecular weight excluding hydrogens is 582 g/mol. The summed E-state index contributed by atoms with van der Waals surface area (Å²) in [6.07, 6.45) is -2.60. The largest absolute Gasteiger partial charge is 0.444 e. The second kappa shape index (κ2) is 12.3. The number of carbonyl (C=O) groups is 2. The fourth-order valence-corrected chi connectivity index (χ4v) is 5.41. The molecule has 1 fully saturated rings. The van der Waals surface area contributed by atoms with Crippen molar-refractivity contribution in [3.63, 3.8) is 0 Å². The summed E-state index contributed by atoms with van der Waals surface area (Å²) >= 11 is 0. The number of aryl methyl sites for hydroxylation is 1. The lowest BCUT2D eigenvalue weighted by atomic mass is 9.97. The number of halogens is 4. The zero-order chi connectivity index (χ0) is 32.7. The van der Waals surface area contributed by atoms with Crippen LogP contribution in [0.2, 0.25) is 0 Å². The van der Waals surface area contributed by atoms with Gasteiger partial charge in [0.05, 0.1) is 22.5 Å². The molecule has 4 rings (SSSR count). The van der Waals surface area contributed by atoms with Gasteiger partial charge in [0.25, 0.3) is 11.5 Å². The Labute approximate surface area is 254 Å². The van der Waals surface area contributed by atoms with Crippen molar-refractivity contribution in [2.75, 3.05) is 43.4 Å². The first-order valence-electron chi connectivity index (χ1n) is 14.4. The minimum absolute atomic E-state index is 0.0745. The second-order valence-corrected chi connectivity index (χ2v) is 12.5. The Kier molecular flexibility index (Phi) is 9.20. The van der Waals surface area contributed by atoms with Gasteiger partial charge >= 0.3 is 12.3 Å². The number of ether oxygens (including phenoxy) is 1. The van der Waals surface area contributed by atoms with E-state index < -0.39 is 46.3 Å². The fraction of sp³-hybridized carbons (Fsp3) is 0.516. The van der Waals surface area contributed by atoms with Crippen LogP contribution in [0.25, 0.3) is 5.57 Å². The van der Waals surface area contributed by atoms with Gasteiger partial charge < -0.3 is 24.4 Å². The Morgan fingerprint density at radius 1 is 1.02 bits per heavy atom. The van der Waals surface area contributed by atoms with Gasteiger partial charge in [0.2, 0.25) is 0 Å². The molecule has 2 unspecified atom stereocenters. The Hall–Kier alpha value is -3.87. The summed E-state index contributed by atoms with van der Waals surface area (Å²) < 4.78 is 63.7. The summed E-state index contributed by atoms with van der Waals surface area (Å²) in [5.41, 5.74) is -2.47. The third-order valence-electron chi connectivity index (χ3n) is 8.02. The molecule has 3 heterocycles. The minimum Gasteiger partial charge on any atom is -0.444 e. The first kappa shape index (κ1) is 33.0. The Morgan fingerprint density at radius 2 is 1.66 bits per heavy atom. The fourth-order valence-electron chi connectivity index (χ4n) is 5.41. The molecule has 1 saturated heterocycles. The van der Waals surface area contributed by atoms with E-state index in [-0.39, 0.29) is 36.4 Å². The van der Waals surface area contributed by atoms with Crippen LogP contribution in [-0.4, -0.2) is 77.3 Å². The highest BCUT2D eigenvalue weighted by atomic mass is 19.4. The lowest BCUT2D eigenvalue weighted by Crippen LogP contribution is -2.55. The van der Waals surface area contributed by atoms with E-state index in [2.05, 4.69) is 10.2 Å². The van der Waals surface area contributed by atoms with Gasteiger partial charge in [0.15, 0.2) is 0 Å². The molecule has 13 heteroatoms. The maximum atomic E-state index is 15.8. The van der Waals surface area contributed by atoms with Crippen molar-refractivity contribution < 1.29 is 31.9 Å². The normalized spacial score (nSPS) is 19.9. The third-order valence-corrected chi connectivity index (χ3v) is 8.02. The number of piperazine rings is 1. The quantitative estimate of drug-likeness (QED) is 0.464. The number of hydrogen-bond acceptors (Lipinski definition) is 6. The number of rotatable bonds is 4. The molecule has 240 valence electrons. The summed E-state index contributed by atoms with van der Waals surface area (Å²) in [6, 6.07) is 3.26. The van der Waals surface area contributed by atoms with E-state index >= 15 is 4.39 Å². The van der Waals surface area contributed by atoms with Crippen molar-refractivity contribution in [2.24, 2.45) is 7.05 Å². The van der Waals surface area contributed by atoms with E-state index in [4.69, 9.17) is 4.74 Å². The number of pyridine rings is 1. The van der Waals surface area contributed by atoms with Crippen molar-refractivity contribution in [3.8, 4) is 0 Å². The summed E-state index contributed by atoms with van der Waals surface area (Å²) in [5, 5.41) is 2.60. The van der Waals surface area contributed by atoms with Crippen molar-refractivity contribution in [3.05, 3.63) is 63.3 Å². The molecule has 1 aromatic heterocycles. The lowest BCUT2D eigenvalue weighted by molar-refractivity contribution is -0.138. The first-order chi connectivity index (χ1) is 20.4. The maximum Gasteiger partial charge on any atom is 0.417 e. The van der Waals surface area contributed by atoms with Gasteiger partial charge in [-0.2, -0.15) is 13.2 Å². The molecular formula is C31H39F4N5O4. The molecule has 2 amide bonds. The van der Waals surface area contributed by atoms with Gasteiger partial charge in [-0.15, -0.1) is 0 Å². The molecule has 1 N–H and O–H groups in total. The zero-order valence-electron chi connectivity index (χ0n) is 26.0. The summed E-state index contributed by atoms with van der Waals surface area (Å²) in [7, 11) is 3.23. The van der Waals surface area contributed by atoms with Crippen LogP contribution >= 0.6 is 0 Å². The van der Waals surface area contributed by atoms with Crippen LogP contribution in [0, 0.1) is 5.82 Å².